The first-order chi connectivity index (χ1) is 8.40. The fourth-order valence-corrected chi connectivity index (χ4v) is 1.23. The van der Waals surface area contributed by atoms with Gasteiger partial charge in [-0.1, -0.05) is 0 Å². The van der Waals surface area contributed by atoms with E-state index in [-0.39, 0.29) is 18.2 Å². The van der Waals surface area contributed by atoms with E-state index < -0.39 is 23.5 Å². The molecule has 4 nitrogen and oxygen atoms in total. The smallest absolute Gasteiger partial charge is 0.325 e. The molecule has 0 saturated heterocycles. The number of amides is 1. The number of carbonyl (C=O) groups excluding carboxylic acids is 2. The third-order valence-electron chi connectivity index (χ3n) is 1.94. The van der Waals surface area contributed by atoms with Gasteiger partial charge in [0.25, 0.3) is 5.91 Å². The minimum Gasteiger partial charge on any atom is -0.462 e. The van der Waals surface area contributed by atoms with Crippen molar-refractivity contribution in [3.63, 3.8) is 0 Å². The lowest BCUT2D eigenvalue weighted by atomic mass is 10.2. The molecule has 0 unspecified atom stereocenters. The normalized spacial score (nSPS) is 10.3. The molecule has 0 radical (unpaired) electrons. The Morgan fingerprint density at radius 3 is 2.56 bits per heavy atom. The van der Waals surface area contributed by atoms with Crippen molar-refractivity contribution in [1.29, 1.82) is 0 Å². The second-order valence-corrected chi connectivity index (χ2v) is 3.85. The van der Waals surface area contributed by atoms with E-state index in [4.69, 9.17) is 4.74 Å². The third-order valence-corrected chi connectivity index (χ3v) is 1.94. The maximum atomic E-state index is 13.2. The lowest BCUT2D eigenvalue weighted by Gasteiger charge is -2.09. The number of hydrogen-bond acceptors (Lipinski definition) is 3. The van der Waals surface area contributed by atoms with Crippen LogP contribution in [0.3, 0.4) is 0 Å². The Morgan fingerprint density at radius 1 is 1.33 bits per heavy atom. The number of carbonyl (C=O) groups is 2. The van der Waals surface area contributed by atoms with Gasteiger partial charge < -0.3 is 10.1 Å². The van der Waals surface area contributed by atoms with Gasteiger partial charge in [0.2, 0.25) is 0 Å². The minimum absolute atomic E-state index is 0.294. The molecule has 0 aromatic heterocycles. The molecule has 0 atom stereocenters. The molecular formula is C12H13F2NO3. The zero-order valence-corrected chi connectivity index (χ0v) is 10.00. The summed E-state index contributed by atoms with van der Waals surface area (Å²) in [7, 11) is 0. The molecule has 1 rings (SSSR count). The van der Waals surface area contributed by atoms with E-state index in [1.807, 2.05) is 0 Å². The molecule has 0 bridgehead atoms. The highest BCUT2D eigenvalue weighted by atomic mass is 19.1. The number of esters is 1. The molecule has 0 saturated carbocycles. The number of hydrogen-bond donors (Lipinski definition) is 1. The molecule has 1 aromatic rings. The Bertz CT molecular complexity index is 461. The zero-order valence-electron chi connectivity index (χ0n) is 10.00. The standard InChI is InChI=1S/C12H13F2NO3/c1-7(2)18-11(16)6-15-12(17)9-4-3-8(13)5-10(9)14/h3-5,7H,6H2,1-2H3,(H,15,17). The lowest BCUT2D eigenvalue weighted by molar-refractivity contribution is -0.146. The molecule has 1 N–H and O–H groups in total. The maximum absolute atomic E-state index is 13.2. The summed E-state index contributed by atoms with van der Waals surface area (Å²) >= 11 is 0. The van der Waals surface area contributed by atoms with Crippen molar-refractivity contribution in [2.45, 2.75) is 20.0 Å². The lowest BCUT2D eigenvalue weighted by Crippen LogP contribution is -2.32. The van der Waals surface area contributed by atoms with Crippen LogP contribution in [0.1, 0.15) is 24.2 Å². The van der Waals surface area contributed by atoms with Crippen LogP contribution >= 0.6 is 0 Å². The van der Waals surface area contributed by atoms with Gasteiger partial charge in [0.05, 0.1) is 11.7 Å². The summed E-state index contributed by atoms with van der Waals surface area (Å²) in [5.74, 6) is -3.18. The van der Waals surface area contributed by atoms with E-state index in [0.29, 0.717) is 6.07 Å². The second kappa shape index (κ2) is 6.09. The predicted molar refractivity (Wildman–Crippen MR) is 59.9 cm³/mol. The van der Waals surface area contributed by atoms with Crippen LogP contribution in [0.4, 0.5) is 8.78 Å². The fourth-order valence-electron chi connectivity index (χ4n) is 1.23. The van der Waals surface area contributed by atoms with Crippen LogP contribution in [0.2, 0.25) is 0 Å². The van der Waals surface area contributed by atoms with E-state index in [9.17, 15) is 18.4 Å². The maximum Gasteiger partial charge on any atom is 0.325 e. The third kappa shape index (κ3) is 4.12. The van der Waals surface area contributed by atoms with Gasteiger partial charge in [-0.2, -0.15) is 0 Å². The monoisotopic (exact) mass is 257 g/mol. The van der Waals surface area contributed by atoms with Gasteiger partial charge in [0.15, 0.2) is 0 Å². The van der Waals surface area contributed by atoms with E-state index in [2.05, 4.69) is 5.32 Å². The fraction of sp³-hybridized carbons (Fsp3) is 0.333. The summed E-state index contributed by atoms with van der Waals surface area (Å²) in [6.07, 6.45) is -0.294. The van der Waals surface area contributed by atoms with Gasteiger partial charge in [-0.25, -0.2) is 8.78 Å². The van der Waals surface area contributed by atoms with Crippen LogP contribution in [-0.4, -0.2) is 24.5 Å². The van der Waals surface area contributed by atoms with Crippen molar-refractivity contribution in [3.05, 3.63) is 35.4 Å². The van der Waals surface area contributed by atoms with Crippen LogP contribution in [0.15, 0.2) is 18.2 Å². The van der Waals surface area contributed by atoms with Crippen molar-refractivity contribution in [1.82, 2.24) is 5.32 Å². The number of halogens is 2. The van der Waals surface area contributed by atoms with Crippen molar-refractivity contribution >= 4 is 11.9 Å². The van der Waals surface area contributed by atoms with Crippen molar-refractivity contribution in [3.8, 4) is 0 Å². The largest absolute Gasteiger partial charge is 0.462 e. The van der Waals surface area contributed by atoms with Crippen molar-refractivity contribution in [2.75, 3.05) is 6.54 Å². The molecule has 0 fully saturated rings. The highest BCUT2D eigenvalue weighted by Gasteiger charge is 2.14. The minimum atomic E-state index is -0.982. The molecular weight excluding hydrogens is 244 g/mol. The predicted octanol–water partition coefficient (Wildman–Crippen LogP) is 1.65. The first-order valence-corrected chi connectivity index (χ1v) is 5.33. The molecule has 0 aliphatic carbocycles. The Labute approximate surface area is 103 Å². The summed E-state index contributed by atoms with van der Waals surface area (Å²) in [5, 5.41) is 2.19. The van der Waals surface area contributed by atoms with Crippen molar-refractivity contribution < 1.29 is 23.1 Å². The quantitative estimate of drug-likeness (QED) is 0.834. The topological polar surface area (TPSA) is 55.4 Å². The van der Waals surface area contributed by atoms with Gasteiger partial charge in [-0.05, 0) is 26.0 Å². The summed E-state index contributed by atoms with van der Waals surface area (Å²) in [5.41, 5.74) is -0.325. The van der Waals surface area contributed by atoms with Gasteiger partial charge in [0.1, 0.15) is 18.2 Å². The highest BCUT2D eigenvalue weighted by Crippen LogP contribution is 2.09. The van der Waals surface area contributed by atoms with Gasteiger partial charge in [-0.15, -0.1) is 0 Å². The van der Waals surface area contributed by atoms with Gasteiger partial charge in [-0.3, -0.25) is 9.59 Å². The number of ether oxygens (including phenoxy) is 1. The molecule has 6 heteroatoms. The second-order valence-electron chi connectivity index (χ2n) is 3.85. The molecule has 1 aromatic carbocycles. The zero-order chi connectivity index (χ0) is 13.7. The first kappa shape index (κ1) is 14.1. The molecule has 0 spiro atoms. The Kier molecular flexibility index (Phi) is 4.76. The summed E-state index contributed by atoms with van der Waals surface area (Å²) < 4.78 is 30.6. The molecule has 0 heterocycles. The summed E-state index contributed by atoms with van der Waals surface area (Å²) in [4.78, 5) is 22.6. The molecule has 0 aliphatic heterocycles. The summed E-state index contributed by atoms with van der Waals surface area (Å²) in [6.45, 7) is 2.96. The Hall–Kier alpha value is -1.98. The van der Waals surface area contributed by atoms with Crippen LogP contribution in [0.25, 0.3) is 0 Å². The SMILES string of the molecule is CC(C)OC(=O)CNC(=O)c1ccc(F)cc1F. The van der Waals surface area contributed by atoms with Crippen LogP contribution in [0.5, 0.6) is 0 Å². The first-order valence-electron chi connectivity index (χ1n) is 5.33. The van der Waals surface area contributed by atoms with Gasteiger partial charge >= 0.3 is 5.97 Å². The number of benzene rings is 1. The number of nitrogens with one attached hydrogen (secondary N) is 1. The van der Waals surface area contributed by atoms with E-state index in [1.54, 1.807) is 13.8 Å². The Balaban J connectivity index is 2.58. The van der Waals surface area contributed by atoms with E-state index in [1.165, 1.54) is 0 Å². The molecule has 0 aliphatic rings. The average Bonchev–Trinajstić information content (AvgIpc) is 2.25. The van der Waals surface area contributed by atoms with Crippen molar-refractivity contribution in [2.24, 2.45) is 0 Å². The molecule has 18 heavy (non-hydrogen) atoms. The van der Waals surface area contributed by atoms with Gasteiger partial charge in [0, 0.05) is 6.07 Å². The van der Waals surface area contributed by atoms with Crippen LogP contribution in [-0.2, 0) is 9.53 Å². The van der Waals surface area contributed by atoms with E-state index in [0.717, 1.165) is 12.1 Å². The highest BCUT2D eigenvalue weighted by molar-refractivity contribution is 5.96. The number of rotatable bonds is 4. The van der Waals surface area contributed by atoms with E-state index >= 15 is 0 Å². The summed E-state index contributed by atoms with van der Waals surface area (Å²) in [6, 6.07) is 2.57. The van der Waals surface area contributed by atoms with Crippen LogP contribution in [0, 0.1) is 11.6 Å². The molecule has 98 valence electrons. The average molecular weight is 257 g/mol. The van der Waals surface area contributed by atoms with Crippen LogP contribution < -0.4 is 5.32 Å². The Morgan fingerprint density at radius 2 is 2.00 bits per heavy atom. The molecule has 1 amide bonds.